The number of hydrogen-bond donors (Lipinski definition) is 0. The highest BCUT2D eigenvalue weighted by molar-refractivity contribution is 5.01. The molecule has 52 valence electrons. The minimum absolute atomic E-state index is 0.288. The predicted molar refractivity (Wildman–Crippen MR) is 40.6 cm³/mol. The van der Waals surface area contributed by atoms with Crippen molar-refractivity contribution in [3.8, 4) is 6.07 Å². The van der Waals surface area contributed by atoms with E-state index < -0.39 is 0 Å². The van der Waals surface area contributed by atoms with Crippen molar-refractivity contribution in [2.75, 3.05) is 0 Å². The quantitative estimate of drug-likeness (QED) is 0.481. The molecule has 0 aromatic carbocycles. The second kappa shape index (κ2) is 4.20. The van der Waals surface area contributed by atoms with Crippen LogP contribution in [0, 0.1) is 12.0 Å². The Hall–Kier alpha value is -0.710. The maximum Gasteiger partial charge on any atom is 0.273 e. The molecule has 2 heteroatoms. The van der Waals surface area contributed by atoms with E-state index in [2.05, 4.69) is 16.4 Å². The Morgan fingerprint density at radius 3 is 2.11 bits per heavy atom. The van der Waals surface area contributed by atoms with E-state index in [0.29, 0.717) is 5.92 Å². The van der Waals surface area contributed by atoms with Crippen molar-refractivity contribution in [3.05, 3.63) is 10.4 Å². The van der Waals surface area contributed by atoms with Crippen LogP contribution >= 0.6 is 0 Å². The molecule has 0 bridgehead atoms. The maximum absolute atomic E-state index is 3.88. The van der Waals surface area contributed by atoms with E-state index in [9.17, 15) is 0 Å². The summed E-state index contributed by atoms with van der Waals surface area (Å²) in [6, 6.07) is 3.12. The number of hydrogen-bond acceptors (Lipinski definition) is 0. The predicted octanol–water partition coefficient (Wildman–Crippen LogP) is 2.67. The average molecular weight is 126 g/mol. The van der Waals surface area contributed by atoms with E-state index in [1.807, 2.05) is 27.7 Å². The third-order valence-electron chi connectivity index (χ3n) is 0.605. The smallest absolute Gasteiger partial charge is 0.273 e. The van der Waals surface area contributed by atoms with Crippen molar-refractivity contribution in [2.45, 2.75) is 33.7 Å². The van der Waals surface area contributed by atoms with Gasteiger partial charge in [0, 0.05) is 0 Å². The van der Waals surface area contributed by atoms with Crippen LogP contribution in [0.1, 0.15) is 27.7 Å². The highest BCUT2D eigenvalue weighted by atomic mass is 15.3. The second-order valence-electron chi connectivity index (χ2n) is 2.59. The molecule has 0 radical (unpaired) electrons. The molecule has 0 aliphatic heterocycles. The van der Waals surface area contributed by atoms with Crippen molar-refractivity contribution < 1.29 is 0 Å². The first-order valence-corrected chi connectivity index (χ1v) is 3.28. The molecule has 0 rings (SSSR count). The van der Waals surface area contributed by atoms with Crippen LogP contribution in [0.15, 0.2) is 0 Å². The first kappa shape index (κ1) is 8.29. The fourth-order valence-electron chi connectivity index (χ4n) is 0.264. The van der Waals surface area contributed by atoms with Crippen molar-refractivity contribution in [1.29, 1.82) is 0 Å². The molecule has 0 saturated carbocycles. The molecule has 0 fully saturated rings. The highest BCUT2D eigenvalue weighted by Crippen LogP contribution is 1.98. The topological polar surface area (TPSA) is 18.5 Å². The Morgan fingerprint density at radius 2 is 1.78 bits per heavy atom. The standard InChI is InChI=1S/C7H14N2/c1-6(2)5-8-9-7(3)4/h6-7H,1-4H3. The summed E-state index contributed by atoms with van der Waals surface area (Å²) in [4.78, 5) is 3.75. The van der Waals surface area contributed by atoms with Gasteiger partial charge >= 0.3 is 0 Å². The summed E-state index contributed by atoms with van der Waals surface area (Å²) in [7, 11) is 0. The molecule has 0 saturated heterocycles. The Morgan fingerprint density at radius 1 is 1.22 bits per heavy atom. The van der Waals surface area contributed by atoms with Crippen LogP contribution in [0.25, 0.3) is 10.4 Å². The SMILES string of the molecule is CC(C)C#[N+][N-]C(C)C. The Balaban J connectivity index is 3.38. The zero-order valence-corrected chi connectivity index (χ0v) is 6.55. The molecule has 0 heterocycles. The van der Waals surface area contributed by atoms with Gasteiger partial charge in [-0.15, -0.1) is 4.95 Å². The molecule has 0 aliphatic rings. The van der Waals surface area contributed by atoms with E-state index >= 15 is 0 Å². The molecule has 0 aliphatic carbocycles. The van der Waals surface area contributed by atoms with E-state index in [0.717, 1.165) is 0 Å². The van der Waals surface area contributed by atoms with Gasteiger partial charge in [-0.25, -0.2) is 0 Å². The summed E-state index contributed by atoms with van der Waals surface area (Å²) in [6.07, 6.45) is 0. The van der Waals surface area contributed by atoms with Gasteiger partial charge in [0.1, 0.15) is 0 Å². The van der Waals surface area contributed by atoms with Gasteiger partial charge in [-0.1, -0.05) is 19.9 Å². The zero-order valence-electron chi connectivity index (χ0n) is 6.55. The first-order valence-electron chi connectivity index (χ1n) is 3.28. The normalized spacial score (nSPS) is 9.11. The van der Waals surface area contributed by atoms with Crippen molar-refractivity contribution in [3.63, 3.8) is 0 Å². The molecule has 0 aromatic rings. The lowest BCUT2D eigenvalue weighted by Gasteiger charge is -2.00. The van der Waals surface area contributed by atoms with Gasteiger partial charge in [0.25, 0.3) is 6.07 Å². The summed E-state index contributed by atoms with van der Waals surface area (Å²) in [5.41, 5.74) is 3.88. The zero-order chi connectivity index (χ0) is 7.28. The molecular weight excluding hydrogens is 112 g/mol. The third-order valence-corrected chi connectivity index (χ3v) is 0.605. The van der Waals surface area contributed by atoms with Gasteiger partial charge in [0.15, 0.2) is 0 Å². The summed E-state index contributed by atoms with van der Waals surface area (Å²) >= 11 is 0. The van der Waals surface area contributed by atoms with Crippen LogP contribution < -0.4 is 0 Å². The fraction of sp³-hybridized carbons (Fsp3) is 0.857. The second-order valence-corrected chi connectivity index (χ2v) is 2.59. The van der Waals surface area contributed by atoms with Crippen LogP contribution in [0.5, 0.6) is 0 Å². The van der Waals surface area contributed by atoms with Crippen LogP contribution in [-0.2, 0) is 0 Å². The largest absolute Gasteiger partial charge is 0.306 e. The van der Waals surface area contributed by atoms with E-state index in [1.54, 1.807) is 0 Å². The monoisotopic (exact) mass is 126 g/mol. The maximum atomic E-state index is 3.88. The van der Waals surface area contributed by atoms with E-state index in [-0.39, 0.29) is 6.04 Å². The van der Waals surface area contributed by atoms with Crippen molar-refractivity contribution in [1.82, 2.24) is 0 Å². The van der Waals surface area contributed by atoms with Crippen LogP contribution in [0.4, 0.5) is 0 Å². The molecular formula is C7H14N2. The summed E-state index contributed by atoms with van der Waals surface area (Å²) in [5.74, 6) is 0.382. The number of rotatable bonds is 1. The summed E-state index contributed by atoms with van der Waals surface area (Å²) < 4.78 is 0. The highest BCUT2D eigenvalue weighted by Gasteiger charge is 1.89. The van der Waals surface area contributed by atoms with Gasteiger partial charge in [-0.3, -0.25) is 0 Å². The van der Waals surface area contributed by atoms with E-state index in [4.69, 9.17) is 0 Å². The van der Waals surface area contributed by atoms with Gasteiger partial charge < -0.3 is 5.43 Å². The molecule has 0 aromatic heterocycles. The van der Waals surface area contributed by atoms with E-state index in [1.165, 1.54) is 0 Å². The van der Waals surface area contributed by atoms with Gasteiger partial charge in [-0.2, -0.15) is 0 Å². The Bertz CT molecular complexity index is 117. The molecule has 0 spiro atoms. The summed E-state index contributed by atoms with van der Waals surface area (Å²) in [5, 5.41) is 0. The van der Waals surface area contributed by atoms with Gasteiger partial charge in [0.05, 0.1) is 5.92 Å². The lowest BCUT2D eigenvalue weighted by molar-refractivity contribution is 0.860. The lowest BCUT2D eigenvalue weighted by Crippen LogP contribution is -1.85. The van der Waals surface area contributed by atoms with Gasteiger partial charge in [0.2, 0.25) is 0 Å². The Kier molecular flexibility index (Phi) is 3.87. The van der Waals surface area contributed by atoms with Gasteiger partial charge in [-0.05, 0) is 13.8 Å². The number of nitrogens with zero attached hydrogens (tertiary/aromatic N) is 2. The molecule has 0 atom stereocenters. The van der Waals surface area contributed by atoms with Crippen LogP contribution in [-0.4, -0.2) is 6.04 Å². The summed E-state index contributed by atoms with van der Waals surface area (Å²) in [6.45, 7) is 8.04. The first-order chi connectivity index (χ1) is 4.13. The minimum atomic E-state index is 0.288. The minimum Gasteiger partial charge on any atom is -0.306 e. The van der Waals surface area contributed by atoms with Crippen LogP contribution in [0.3, 0.4) is 0 Å². The molecule has 9 heavy (non-hydrogen) atoms. The molecule has 0 N–H and O–H groups in total. The van der Waals surface area contributed by atoms with Crippen molar-refractivity contribution in [2.24, 2.45) is 5.92 Å². The van der Waals surface area contributed by atoms with Crippen LogP contribution in [0.2, 0.25) is 0 Å². The fourth-order valence-corrected chi connectivity index (χ4v) is 0.264. The lowest BCUT2D eigenvalue weighted by atomic mass is 10.3. The van der Waals surface area contributed by atoms with Crippen molar-refractivity contribution >= 4 is 0 Å². The third kappa shape index (κ3) is 7.29. The molecule has 2 nitrogen and oxygen atoms in total. The molecule has 0 unspecified atom stereocenters. The Labute approximate surface area is 57.1 Å². The molecule has 0 amide bonds. The average Bonchev–Trinajstić information content (AvgIpc) is 1.63.